The quantitative estimate of drug-likeness (QED) is 0.837. The first kappa shape index (κ1) is 10.7. The van der Waals surface area contributed by atoms with Gasteiger partial charge in [-0.15, -0.1) is 0 Å². The predicted octanol–water partition coefficient (Wildman–Crippen LogP) is 2.39. The van der Waals surface area contributed by atoms with Crippen LogP contribution < -0.4 is 10.1 Å². The average molecular weight is 227 g/mol. The van der Waals surface area contributed by atoms with E-state index >= 15 is 0 Å². The first-order valence-electron chi connectivity index (χ1n) is 5.30. The van der Waals surface area contributed by atoms with Crippen LogP contribution in [0.1, 0.15) is 25.3 Å². The monoisotopic (exact) mass is 226 g/mol. The Labute approximate surface area is 94.8 Å². The van der Waals surface area contributed by atoms with E-state index in [9.17, 15) is 0 Å². The number of ether oxygens (including phenoxy) is 1. The van der Waals surface area contributed by atoms with Gasteiger partial charge in [0.15, 0.2) is 0 Å². The number of nitrogens with zero attached hydrogens (tertiary/aromatic N) is 1. The van der Waals surface area contributed by atoms with Gasteiger partial charge in [-0.25, -0.2) is 4.98 Å². The molecule has 0 saturated heterocycles. The Morgan fingerprint density at radius 3 is 3.00 bits per heavy atom. The van der Waals surface area contributed by atoms with Crippen LogP contribution >= 0.6 is 11.6 Å². The van der Waals surface area contributed by atoms with Gasteiger partial charge in [-0.3, -0.25) is 0 Å². The predicted molar refractivity (Wildman–Crippen MR) is 60.3 cm³/mol. The first-order valence-corrected chi connectivity index (χ1v) is 5.68. The molecule has 1 saturated carbocycles. The van der Waals surface area contributed by atoms with Crippen LogP contribution in [0.4, 0.5) is 0 Å². The number of hydrogen-bond donors (Lipinski definition) is 1. The summed E-state index contributed by atoms with van der Waals surface area (Å²) in [7, 11) is 0. The topological polar surface area (TPSA) is 34.1 Å². The second-order valence-corrected chi connectivity index (χ2v) is 4.13. The molecule has 2 rings (SSSR count). The summed E-state index contributed by atoms with van der Waals surface area (Å²) < 4.78 is 5.27. The number of aromatic nitrogens is 1. The molecule has 0 amide bonds. The Kier molecular flexibility index (Phi) is 3.44. The Hall–Kier alpha value is -0.800. The molecule has 1 fully saturated rings. The third-order valence-electron chi connectivity index (χ3n) is 2.32. The van der Waals surface area contributed by atoms with Gasteiger partial charge in [-0.1, -0.05) is 11.6 Å². The molecular formula is C11H15ClN2O. The fourth-order valence-electron chi connectivity index (χ4n) is 1.35. The van der Waals surface area contributed by atoms with Crippen LogP contribution in [-0.2, 0) is 6.54 Å². The molecule has 82 valence electrons. The van der Waals surface area contributed by atoms with Crippen molar-refractivity contribution >= 4 is 11.6 Å². The van der Waals surface area contributed by atoms with Crippen LogP contribution in [0.15, 0.2) is 12.3 Å². The van der Waals surface area contributed by atoms with Gasteiger partial charge in [0.1, 0.15) is 5.02 Å². The molecular weight excluding hydrogens is 212 g/mol. The zero-order valence-electron chi connectivity index (χ0n) is 8.79. The Morgan fingerprint density at radius 2 is 2.40 bits per heavy atom. The lowest BCUT2D eigenvalue weighted by Gasteiger charge is -2.07. The van der Waals surface area contributed by atoms with Crippen LogP contribution in [-0.4, -0.2) is 17.6 Å². The van der Waals surface area contributed by atoms with Crippen molar-refractivity contribution in [1.29, 1.82) is 0 Å². The van der Waals surface area contributed by atoms with E-state index in [0.29, 0.717) is 23.6 Å². The lowest BCUT2D eigenvalue weighted by molar-refractivity contribution is 0.327. The summed E-state index contributed by atoms with van der Waals surface area (Å²) in [5.41, 5.74) is 1.11. The first-order chi connectivity index (χ1) is 7.29. The number of hydrogen-bond acceptors (Lipinski definition) is 3. The molecule has 0 spiro atoms. The van der Waals surface area contributed by atoms with Gasteiger partial charge < -0.3 is 10.1 Å². The summed E-state index contributed by atoms with van der Waals surface area (Å²) in [5.74, 6) is 0.523. The number of rotatable bonds is 5. The smallest absolute Gasteiger partial charge is 0.232 e. The molecule has 1 aliphatic rings. The summed E-state index contributed by atoms with van der Waals surface area (Å²) in [4.78, 5) is 4.17. The highest BCUT2D eigenvalue weighted by atomic mass is 35.5. The van der Waals surface area contributed by atoms with E-state index in [-0.39, 0.29) is 0 Å². The van der Waals surface area contributed by atoms with Crippen LogP contribution in [0.3, 0.4) is 0 Å². The molecule has 0 bridgehead atoms. The average Bonchev–Trinajstić information content (AvgIpc) is 3.03. The number of halogens is 1. The van der Waals surface area contributed by atoms with Crippen molar-refractivity contribution in [2.75, 3.05) is 6.61 Å². The number of nitrogens with one attached hydrogen (secondary N) is 1. The molecule has 1 aliphatic carbocycles. The molecule has 4 heteroatoms. The molecule has 1 heterocycles. The van der Waals surface area contributed by atoms with Gasteiger partial charge >= 0.3 is 0 Å². The van der Waals surface area contributed by atoms with E-state index in [1.54, 1.807) is 0 Å². The Bertz CT molecular complexity index is 339. The van der Waals surface area contributed by atoms with E-state index in [4.69, 9.17) is 16.3 Å². The van der Waals surface area contributed by atoms with Gasteiger partial charge in [0.25, 0.3) is 0 Å². The summed E-state index contributed by atoms with van der Waals surface area (Å²) in [6.07, 6.45) is 4.39. The number of pyridine rings is 1. The molecule has 0 unspecified atom stereocenters. The van der Waals surface area contributed by atoms with Gasteiger partial charge in [-0.2, -0.15) is 0 Å². The highest BCUT2D eigenvalue weighted by Crippen LogP contribution is 2.23. The summed E-state index contributed by atoms with van der Waals surface area (Å²) in [6, 6.07) is 2.62. The van der Waals surface area contributed by atoms with Crippen LogP contribution in [0.25, 0.3) is 0 Å². The molecule has 1 aromatic heterocycles. The zero-order chi connectivity index (χ0) is 10.7. The van der Waals surface area contributed by atoms with Crippen molar-refractivity contribution in [3.8, 4) is 5.88 Å². The lowest BCUT2D eigenvalue weighted by Crippen LogP contribution is -2.15. The van der Waals surface area contributed by atoms with Gasteiger partial charge in [0.2, 0.25) is 5.88 Å². The third-order valence-corrected chi connectivity index (χ3v) is 2.59. The standard InChI is InChI=1S/C11H15ClN2O/c1-2-15-11-10(12)5-8(7-14-11)6-13-9-3-4-9/h5,7,9,13H,2-4,6H2,1H3. The summed E-state index contributed by atoms with van der Waals surface area (Å²) in [5, 5.41) is 4.00. The maximum atomic E-state index is 6.02. The van der Waals surface area contributed by atoms with Crippen LogP contribution in [0.2, 0.25) is 5.02 Å². The minimum atomic E-state index is 0.523. The van der Waals surface area contributed by atoms with E-state index in [2.05, 4.69) is 10.3 Å². The third kappa shape index (κ3) is 3.08. The van der Waals surface area contributed by atoms with Gasteiger partial charge in [0, 0.05) is 18.8 Å². The fraction of sp³-hybridized carbons (Fsp3) is 0.545. The Morgan fingerprint density at radius 1 is 1.60 bits per heavy atom. The molecule has 0 atom stereocenters. The highest BCUT2D eigenvalue weighted by Gasteiger charge is 2.20. The van der Waals surface area contributed by atoms with Crippen LogP contribution in [0.5, 0.6) is 5.88 Å². The fourth-order valence-corrected chi connectivity index (χ4v) is 1.60. The normalized spacial score (nSPS) is 15.3. The van der Waals surface area contributed by atoms with Crippen molar-refractivity contribution in [3.05, 3.63) is 22.8 Å². The Balaban J connectivity index is 1.96. The largest absolute Gasteiger partial charge is 0.477 e. The highest BCUT2D eigenvalue weighted by molar-refractivity contribution is 6.31. The molecule has 0 aliphatic heterocycles. The summed E-state index contributed by atoms with van der Waals surface area (Å²) in [6.45, 7) is 3.34. The zero-order valence-corrected chi connectivity index (χ0v) is 9.55. The van der Waals surface area contributed by atoms with Gasteiger partial charge in [-0.05, 0) is 31.4 Å². The molecule has 0 aromatic carbocycles. The molecule has 1 N–H and O–H groups in total. The van der Waals surface area contributed by atoms with Crippen molar-refractivity contribution in [2.45, 2.75) is 32.4 Å². The minimum Gasteiger partial charge on any atom is -0.477 e. The maximum absolute atomic E-state index is 6.02. The van der Waals surface area contributed by atoms with Crippen molar-refractivity contribution in [1.82, 2.24) is 10.3 Å². The van der Waals surface area contributed by atoms with Crippen molar-refractivity contribution in [3.63, 3.8) is 0 Å². The summed E-state index contributed by atoms with van der Waals surface area (Å²) >= 11 is 6.02. The van der Waals surface area contributed by atoms with Gasteiger partial charge in [0.05, 0.1) is 6.61 Å². The SMILES string of the molecule is CCOc1ncc(CNC2CC2)cc1Cl. The second-order valence-electron chi connectivity index (χ2n) is 3.72. The molecule has 0 radical (unpaired) electrons. The molecule has 15 heavy (non-hydrogen) atoms. The van der Waals surface area contributed by atoms with E-state index in [1.807, 2.05) is 19.2 Å². The van der Waals surface area contributed by atoms with Crippen molar-refractivity contribution < 1.29 is 4.74 Å². The molecule has 1 aromatic rings. The van der Waals surface area contributed by atoms with Crippen molar-refractivity contribution in [2.24, 2.45) is 0 Å². The lowest BCUT2D eigenvalue weighted by atomic mass is 10.3. The second kappa shape index (κ2) is 4.81. The van der Waals surface area contributed by atoms with E-state index in [1.165, 1.54) is 12.8 Å². The van der Waals surface area contributed by atoms with Crippen LogP contribution in [0, 0.1) is 0 Å². The maximum Gasteiger partial charge on any atom is 0.232 e. The van der Waals surface area contributed by atoms with E-state index < -0.39 is 0 Å². The van der Waals surface area contributed by atoms with E-state index in [0.717, 1.165) is 12.1 Å². The minimum absolute atomic E-state index is 0.523. The molecule has 3 nitrogen and oxygen atoms in total.